The van der Waals surface area contributed by atoms with E-state index in [1.807, 2.05) is 30.3 Å². The quantitative estimate of drug-likeness (QED) is 0.793. The number of rotatable bonds is 6. The first-order chi connectivity index (χ1) is 11.5. The van der Waals surface area contributed by atoms with Crippen LogP contribution >= 0.6 is 11.3 Å². The standard InChI is InChI=1S/C16H17N3O4S/c1-19(2)14(21)8-17-13(20)9-23-16(22)12-10-24-15(18-12)11-6-4-3-5-7-11/h3-7,10H,8-9H2,1-2H3,(H,17,20). The minimum Gasteiger partial charge on any atom is -0.451 e. The van der Waals surface area contributed by atoms with Gasteiger partial charge in [-0.05, 0) is 0 Å². The van der Waals surface area contributed by atoms with Crippen LogP contribution in [0, 0.1) is 0 Å². The van der Waals surface area contributed by atoms with Gasteiger partial charge in [0.15, 0.2) is 12.3 Å². The molecular formula is C16H17N3O4S. The first-order valence-electron chi connectivity index (χ1n) is 7.12. The van der Waals surface area contributed by atoms with Gasteiger partial charge in [-0.15, -0.1) is 11.3 Å². The van der Waals surface area contributed by atoms with Crippen molar-refractivity contribution in [2.24, 2.45) is 0 Å². The number of ether oxygens (including phenoxy) is 1. The fourth-order valence-electron chi connectivity index (χ4n) is 1.67. The maximum Gasteiger partial charge on any atom is 0.358 e. The first kappa shape index (κ1) is 17.6. The molecule has 2 aromatic rings. The summed E-state index contributed by atoms with van der Waals surface area (Å²) in [6.07, 6.45) is 0. The predicted octanol–water partition coefficient (Wildman–Crippen LogP) is 1.17. The number of nitrogens with zero attached hydrogens (tertiary/aromatic N) is 2. The van der Waals surface area contributed by atoms with Crippen LogP contribution in [-0.2, 0) is 14.3 Å². The summed E-state index contributed by atoms with van der Waals surface area (Å²) in [6, 6.07) is 9.44. The lowest BCUT2D eigenvalue weighted by molar-refractivity contribution is -0.131. The molecule has 0 aliphatic rings. The highest BCUT2D eigenvalue weighted by molar-refractivity contribution is 7.13. The molecule has 2 rings (SSSR count). The fraction of sp³-hybridized carbons (Fsp3) is 0.250. The predicted molar refractivity (Wildman–Crippen MR) is 89.5 cm³/mol. The highest BCUT2D eigenvalue weighted by Crippen LogP contribution is 2.23. The van der Waals surface area contributed by atoms with Crippen molar-refractivity contribution >= 4 is 29.1 Å². The molecule has 126 valence electrons. The third-order valence-corrected chi connectivity index (χ3v) is 3.90. The monoisotopic (exact) mass is 347 g/mol. The van der Waals surface area contributed by atoms with E-state index in [2.05, 4.69) is 10.3 Å². The maximum absolute atomic E-state index is 11.9. The number of nitrogens with one attached hydrogen (secondary N) is 1. The molecule has 0 aliphatic heterocycles. The number of benzene rings is 1. The fourth-order valence-corrected chi connectivity index (χ4v) is 2.46. The summed E-state index contributed by atoms with van der Waals surface area (Å²) in [6.45, 7) is -0.601. The molecular weight excluding hydrogens is 330 g/mol. The molecule has 0 spiro atoms. The molecule has 1 N–H and O–H groups in total. The minimum atomic E-state index is -0.678. The average molecular weight is 347 g/mol. The molecule has 0 atom stereocenters. The lowest BCUT2D eigenvalue weighted by Crippen LogP contribution is -2.38. The van der Waals surface area contributed by atoms with Crippen LogP contribution in [-0.4, -0.2) is 54.9 Å². The number of amides is 2. The average Bonchev–Trinajstić information content (AvgIpc) is 3.08. The van der Waals surface area contributed by atoms with Gasteiger partial charge in [-0.25, -0.2) is 9.78 Å². The van der Waals surface area contributed by atoms with Crippen molar-refractivity contribution in [1.29, 1.82) is 0 Å². The number of thiazole rings is 1. The van der Waals surface area contributed by atoms with Gasteiger partial charge in [0.1, 0.15) is 5.01 Å². The lowest BCUT2D eigenvalue weighted by atomic mass is 10.2. The Bertz CT molecular complexity index is 728. The largest absolute Gasteiger partial charge is 0.451 e. The molecule has 0 unspecified atom stereocenters. The van der Waals surface area contributed by atoms with Gasteiger partial charge < -0.3 is 15.0 Å². The van der Waals surface area contributed by atoms with Gasteiger partial charge in [-0.1, -0.05) is 30.3 Å². The van der Waals surface area contributed by atoms with Crippen LogP contribution in [0.4, 0.5) is 0 Å². The van der Waals surface area contributed by atoms with Crippen molar-refractivity contribution in [2.75, 3.05) is 27.2 Å². The van der Waals surface area contributed by atoms with Crippen LogP contribution in [0.25, 0.3) is 10.6 Å². The third kappa shape index (κ3) is 4.88. The molecule has 24 heavy (non-hydrogen) atoms. The van der Waals surface area contributed by atoms with E-state index in [-0.39, 0.29) is 18.1 Å². The summed E-state index contributed by atoms with van der Waals surface area (Å²) in [5, 5.41) is 4.66. The molecule has 1 heterocycles. The first-order valence-corrected chi connectivity index (χ1v) is 8.00. The lowest BCUT2D eigenvalue weighted by Gasteiger charge is -2.10. The molecule has 0 fully saturated rings. The minimum absolute atomic E-state index is 0.141. The summed E-state index contributed by atoms with van der Waals surface area (Å²) >= 11 is 1.32. The highest BCUT2D eigenvalue weighted by Gasteiger charge is 2.15. The van der Waals surface area contributed by atoms with Crippen molar-refractivity contribution in [3.8, 4) is 10.6 Å². The number of carbonyl (C=O) groups excluding carboxylic acids is 3. The van der Waals surface area contributed by atoms with E-state index in [0.29, 0.717) is 5.01 Å². The van der Waals surface area contributed by atoms with Crippen molar-refractivity contribution in [2.45, 2.75) is 0 Å². The van der Waals surface area contributed by atoms with E-state index in [1.165, 1.54) is 16.2 Å². The summed E-state index contributed by atoms with van der Waals surface area (Å²) < 4.78 is 4.90. The van der Waals surface area contributed by atoms with Crippen molar-refractivity contribution < 1.29 is 19.1 Å². The van der Waals surface area contributed by atoms with E-state index in [1.54, 1.807) is 19.5 Å². The number of carbonyl (C=O) groups is 3. The van der Waals surface area contributed by atoms with Crippen LogP contribution in [0.3, 0.4) is 0 Å². The summed E-state index contributed by atoms with van der Waals surface area (Å²) in [5.41, 5.74) is 1.05. The van der Waals surface area contributed by atoms with Crippen LogP contribution in [0.5, 0.6) is 0 Å². The third-order valence-electron chi connectivity index (χ3n) is 3.00. The normalized spacial score (nSPS) is 10.1. The second-order valence-corrected chi connectivity index (χ2v) is 5.90. The van der Waals surface area contributed by atoms with Gasteiger partial charge >= 0.3 is 5.97 Å². The van der Waals surface area contributed by atoms with Gasteiger partial charge in [-0.3, -0.25) is 9.59 Å². The van der Waals surface area contributed by atoms with Gasteiger partial charge in [0.05, 0.1) is 6.54 Å². The van der Waals surface area contributed by atoms with Gasteiger partial charge in [0.25, 0.3) is 5.91 Å². The van der Waals surface area contributed by atoms with Crippen LogP contribution in [0.1, 0.15) is 10.5 Å². The van der Waals surface area contributed by atoms with E-state index in [9.17, 15) is 14.4 Å². The molecule has 8 heteroatoms. The number of hydrogen-bond acceptors (Lipinski definition) is 6. The van der Waals surface area contributed by atoms with Gasteiger partial charge in [0, 0.05) is 25.0 Å². The number of likely N-dealkylation sites (N-methyl/N-ethyl adjacent to an activating group) is 1. The van der Waals surface area contributed by atoms with E-state index in [0.717, 1.165) is 5.56 Å². The molecule has 7 nitrogen and oxygen atoms in total. The Labute approximate surface area is 143 Å². The molecule has 2 amide bonds. The zero-order valence-corrected chi connectivity index (χ0v) is 14.1. The molecule has 1 aromatic carbocycles. The maximum atomic E-state index is 11.9. The zero-order valence-electron chi connectivity index (χ0n) is 13.3. The molecule has 0 saturated heterocycles. The highest BCUT2D eigenvalue weighted by atomic mass is 32.1. The Morgan fingerprint density at radius 3 is 2.58 bits per heavy atom. The second-order valence-electron chi connectivity index (χ2n) is 5.04. The number of hydrogen-bond donors (Lipinski definition) is 1. The summed E-state index contributed by atoms with van der Waals surface area (Å²) in [7, 11) is 3.17. The van der Waals surface area contributed by atoms with Crippen molar-refractivity contribution in [3.63, 3.8) is 0 Å². The Hall–Kier alpha value is -2.74. The Morgan fingerprint density at radius 1 is 1.21 bits per heavy atom. The molecule has 0 saturated carbocycles. The zero-order chi connectivity index (χ0) is 17.5. The Balaban J connectivity index is 1.84. The van der Waals surface area contributed by atoms with Gasteiger partial charge in [-0.2, -0.15) is 0 Å². The van der Waals surface area contributed by atoms with E-state index >= 15 is 0 Å². The van der Waals surface area contributed by atoms with Gasteiger partial charge in [0.2, 0.25) is 5.91 Å². The molecule has 0 radical (unpaired) electrons. The van der Waals surface area contributed by atoms with Crippen molar-refractivity contribution in [3.05, 3.63) is 41.4 Å². The Kier molecular flexibility index (Phi) is 6.02. The van der Waals surface area contributed by atoms with Crippen LogP contribution in [0.15, 0.2) is 35.7 Å². The molecule has 0 aliphatic carbocycles. The Morgan fingerprint density at radius 2 is 1.92 bits per heavy atom. The number of aromatic nitrogens is 1. The smallest absolute Gasteiger partial charge is 0.358 e. The van der Waals surface area contributed by atoms with Crippen LogP contribution < -0.4 is 5.32 Å². The van der Waals surface area contributed by atoms with Crippen LogP contribution in [0.2, 0.25) is 0 Å². The molecule has 0 bridgehead atoms. The topological polar surface area (TPSA) is 88.6 Å². The number of esters is 1. The summed E-state index contributed by atoms with van der Waals surface area (Å²) in [4.78, 5) is 40.4. The van der Waals surface area contributed by atoms with E-state index < -0.39 is 18.5 Å². The van der Waals surface area contributed by atoms with E-state index in [4.69, 9.17) is 4.74 Å². The van der Waals surface area contributed by atoms with Crippen molar-refractivity contribution in [1.82, 2.24) is 15.2 Å². The SMILES string of the molecule is CN(C)C(=O)CNC(=O)COC(=O)c1csc(-c2ccccc2)n1. The second kappa shape index (κ2) is 8.21. The summed E-state index contributed by atoms with van der Waals surface area (Å²) in [5.74, 6) is -1.47. The molecule has 1 aromatic heterocycles.